The summed E-state index contributed by atoms with van der Waals surface area (Å²) in [6, 6.07) is 38.8. The molecular weight excluding hydrogens is 599 g/mol. The smallest absolute Gasteiger partial charge is 0.352 e. The second-order valence-corrected chi connectivity index (χ2v) is 11.1. The van der Waals surface area contributed by atoms with Crippen molar-refractivity contribution in [3.05, 3.63) is 167 Å². The molecule has 0 unspecified atom stereocenters. The molecule has 0 aliphatic heterocycles. The number of nitrogens with one attached hydrogen (secondary N) is 2. The van der Waals surface area contributed by atoms with E-state index in [1.54, 1.807) is 48.5 Å². The minimum absolute atomic E-state index is 0.142. The molecule has 0 spiro atoms. The van der Waals surface area contributed by atoms with Gasteiger partial charge in [-0.15, -0.1) is 0 Å². The van der Waals surface area contributed by atoms with E-state index < -0.39 is 17.6 Å². The number of fused-ring (bicyclic) bond motifs is 1. The second-order valence-electron chi connectivity index (χ2n) is 11.1. The Hall–Kier alpha value is -5.76. The molecule has 2 N–H and O–H groups in total. The third kappa shape index (κ3) is 7.39. The van der Waals surface area contributed by atoms with Gasteiger partial charge in [0.2, 0.25) is 0 Å². The van der Waals surface area contributed by atoms with Crippen molar-refractivity contribution in [3.8, 4) is 11.1 Å². The Kier molecular flexibility index (Phi) is 9.11. The summed E-state index contributed by atoms with van der Waals surface area (Å²) in [5.41, 5.74) is 4.43. The van der Waals surface area contributed by atoms with Gasteiger partial charge >= 0.3 is 6.18 Å². The summed E-state index contributed by atoms with van der Waals surface area (Å²) in [6.45, 7) is 0.476. The topological polar surface area (TPSA) is 71.1 Å². The highest BCUT2D eigenvalue weighted by molar-refractivity contribution is 6.09. The normalized spacial score (nSPS) is 11.4. The predicted octanol–water partition coefficient (Wildman–Crippen LogP) is 9.12. The third-order valence-electron chi connectivity index (χ3n) is 8.02. The molecule has 6 rings (SSSR count). The number of benzene rings is 5. The van der Waals surface area contributed by atoms with Crippen LogP contribution in [0.5, 0.6) is 0 Å². The molecule has 0 atom stereocenters. The van der Waals surface area contributed by atoms with Gasteiger partial charge in [-0.1, -0.05) is 97.1 Å². The van der Waals surface area contributed by atoms with Crippen LogP contribution in [0.25, 0.3) is 22.0 Å². The highest BCUT2D eigenvalue weighted by atomic mass is 19.4. The van der Waals surface area contributed by atoms with E-state index in [-0.39, 0.29) is 11.8 Å². The first-order valence-corrected chi connectivity index (χ1v) is 15.1. The third-order valence-corrected chi connectivity index (χ3v) is 8.02. The monoisotopic (exact) mass is 629 g/mol. The van der Waals surface area contributed by atoms with Gasteiger partial charge in [0.05, 0.1) is 16.6 Å². The quantitative estimate of drug-likeness (QED) is 0.168. The maximum absolute atomic E-state index is 13.3. The van der Waals surface area contributed by atoms with Crippen molar-refractivity contribution in [2.45, 2.75) is 18.5 Å². The summed E-state index contributed by atoms with van der Waals surface area (Å²) in [5, 5.41) is 6.62. The van der Waals surface area contributed by atoms with Crippen LogP contribution >= 0.6 is 0 Å². The minimum atomic E-state index is -4.45. The van der Waals surface area contributed by atoms with Crippen molar-refractivity contribution in [2.24, 2.45) is 0 Å². The van der Waals surface area contributed by atoms with Crippen LogP contribution in [0.3, 0.4) is 0 Å². The second kappa shape index (κ2) is 13.7. The fraction of sp³-hybridized carbons (Fsp3) is 0.103. The SMILES string of the molecule is O=C(NCCC(c1ccccc1)c1ccccc1)c1cnc2cc(NC(=O)c3ccccc3-c3ccc(C(F)(F)F)cc3)ccc2c1. The lowest BCUT2D eigenvalue weighted by Gasteiger charge is -2.18. The number of halogens is 3. The molecule has 1 heterocycles. The van der Waals surface area contributed by atoms with Gasteiger partial charge < -0.3 is 10.6 Å². The van der Waals surface area contributed by atoms with Crippen LogP contribution in [0, 0.1) is 0 Å². The lowest BCUT2D eigenvalue weighted by Crippen LogP contribution is -2.26. The van der Waals surface area contributed by atoms with Gasteiger partial charge in [-0.05, 0) is 65.1 Å². The van der Waals surface area contributed by atoms with E-state index >= 15 is 0 Å². The molecule has 8 heteroatoms. The summed E-state index contributed by atoms with van der Waals surface area (Å²) in [5.74, 6) is -0.500. The zero-order valence-electron chi connectivity index (χ0n) is 25.2. The minimum Gasteiger partial charge on any atom is -0.352 e. The van der Waals surface area contributed by atoms with Gasteiger partial charge in [-0.3, -0.25) is 14.6 Å². The first-order chi connectivity index (χ1) is 22.8. The van der Waals surface area contributed by atoms with Gasteiger partial charge in [0.25, 0.3) is 11.8 Å². The van der Waals surface area contributed by atoms with Crippen molar-refractivity contribution in [1.29, 1.82) is 0 Å². The van der Waals surface area contributed by atoms with E-state index in [0.29, 0.717) is 40.0 Å². The maximum Gasteiger partial charge on any atom is 0.416 e. The molecule has 0 aliphatic carbocycles. The summed E-state index contributed by atoms with van der Waals surface area (Å²) < 4.78 is 39.1. The largest absolute Gasteiger partial charge is 0.416 e. The molecule has 0 saturated carbocycles. The maximum atomic E-state index is 13.3. The van der Waals surface area contributed by atoms with Crippen molar-refractivity contribution < 1.29 is 22.8 Å². The fourth-order valence-electron chi connectivity index (χ4n) is 5.62. The number of pyridine rings is 1. The number of carbonyl (C=O) groups is 2. The summed E-state index contributed by atoms with van der Waals surface area (Å²) in [4.78, 5) is 30.8. The Bertz CT molecular complexity index is 1970. The van der Waals surface area contributed by atoms with Crippen LogP contribution in [-0.2, 0) is 6.18 Å². The number of anilines is 1. The van der Waals surface area contributed by atoms with Gasteiger partial charge in [-0.25, -0.2) is 0 Å². The van der Waals surface area contributed by atoms with E-state index in [1.807, 2.05) is 36.4 Å². The molecule has 6 aromatic rings. The average molecular weight is 630 g/mol. The van der Waals surface area contributed by atoms with Crippen LogP contribution in [0.2, 0.25) is 0 Å². The van der Waals surface area contributed by atoms with E-state index in [9.17, 15) is 22.8 Å². The van der Waals surface area contributed by atoms with Crippen LogP contribution in [0.4, 0.5) is 18.9 Å². The summed E-state index contributed by atoms with van der Waals surface area (Å²) >= 11 is 0. The highest BCUT2D eigenvalue weighted by Gasteiger charge is 2.30. The fourth-order valence-corrected chi connectivity index (χ4v) is 5.62. The van der Waals surface area contributed by atoms with Crippen LogP contribution in [-0.4, -0.2) is 23.3 Å². The number of alkyl halides is 3. The lowest BCUT2D eigenvalue weighted by molar-refractivity contribution is -0.137. The van der Waals surface area contributed by atoms with Gasteiger partial charge in [-0.2, -0.15) is 13.2 Å². The number of hydrogen-bond donors (Lipinski definition) is 2. The number of rotatable bonds is 9. The first kappa shape index (κ1) is 31.2. The number of aromatic nitrogens is 1. The lowest BCUT2D eigenvalue weighted by atomic mass is 9.88. The van der Waals surface area contributed by atoms with Crippen molar-refractivity contribution >= 4 is 28.4 Å². The van der Waals surface area contributed by atoms with Gasteiger partial charge in [0.15, 0.2) is 0 Å². The Balaban J connectivity index is 1.12. The zero-order chi connectivity index (χ0) is 32.8. The van der Waals surface area contributed by atoms with Crippen molar-refractivity contribution in [1.82, 2.24) is 10.3 Å². The molecule has 0 bridgehead atoms. The van der Waals surface area contributed by atoms with Crippen molar-refractivity contribution in [2.75, 3.05) is 11.9 Å². The van der Waals surface area contributed by atoms with Crippen molar-refractivity contribution in [3.63, 3.8) is 0 Å². The molecule has 234 valence electrons. The predicted molar refractivity (Wildman–Crippen MR) is 178 cm³/mol. The summed E-state index contributed by atoms with van der Waals surface area (Å²) in [6.07, 6.45) is -2.21. The number of carbonyl (C=O) groups excluding carboxylic acids is 2. The molecule has 5 aromatic carbocycles. The Labute approximate surface area is 270 Å². The molecule has 0 saturated heterocycles. The molecule has 47 heavy (non-hydrogen) atoms. The average Bonchev–Trinajstić information content (AvgIpc) is 3.10. The van der Waals surface area contributed by atoms with Crippen LogP contribution < -0.4 is 10.6 Å². The molecule has 0 fully saturated rings. The van der Waals surface area contributed by atoms with Crippen LogP contribution in [0.1, 0.15) is 49.7 Å². The Morgan fingerprint density at radius 1 is 0.702 bits per heavy atom. The van der Waals surface area contributed by atoms with Crippen LogP contribution in [0.15, 0.2) is 140 Å². The standard InChI is InChI=1S/C39H30F3N3O2/c40-39(41,42)31-18-15-28(16-19-31)34-13-7-8-14-35(34)38(47)45-32-20-17-29-23-30(25-44-36(29)24-32)37(46)43-22-21-33(26-9-3-1-4-10-26)27-11-5-2-6-12-27/h1-20,23-25,33H,21-22H2,(H,43,46)(H,45,47). The molecule has 0 aliphatic rings. The zero-order valence-corrected chi connectivity index (χ0v) is 25.2. The first-order valence-electron chi connectivity index (χ1n) is 15.1. The number of amides is 2. The number of nitrogens with zero attached hydrogens (tertiary/aromatic N) is 1. The van der Waals surface area contributed by atoms with E-state index in [2.05, 4.69) is 39.9 Å². The van der Waals surface area contributed by atoms with E-state index in [4.69, 9.17) is 0 Å². The Morgan fingerprint density at radius 2 is 1.34 bits per heavy atom. The molecule has 1 aromatic heterocycles. The summed E-state index contributed by atoms with van der Waals surface area (Å²) in [7, 11) is 0. The number of hydrogen-bond acceptors (Lipinski definition) is 3. The molecule has 0 radical (unpaired) electrons. The molecular formula is C39H30F3N3O2. The van der Waals surface area contributed by atoms with Gasteiger partial charge in [0.1, 0.15) is 0 Å². The van der Waals surface area contributed by atoms with E-state index in [0.717, 1.165) is 23.9 Å². The molecule has 5 nitrogen and oxygen atoms in total. The van der Waals surface area contributed by atoms with Gasteiger partial charge in [0, 0.05) is 35.3 Å². The Morgan fingerprint density at radius 3 is 2.00 bits per heavy atom. The van der Waals surface area contributed by atoms with E-state index in [1.165, 1.54) is 29.5 Å². The highest BCUT2D eigenvalue weighted by Crippen LogP contribution is 2.32. The molecule has 2 amide bonds.